The molecular weight excluding hydrogens is 532 g/mol. The summed E-state index contributed by atoms with van der Waals surface area (Å²) in [7, 11) is 4.89. The first-order valence-electron chi connectivity index (χ1n) is 13.1. The first-order chi connectivity index (χ1) is 20.2. The van der Waals surface area contributed by atoms with Gasteiger partial charge in [-0.05, 0) is 85.3 Å². The van der Waals surface area contributed by atoms with Crippen LogP contribution in [0.4, 0.5) is 17.1 Å². The Balaban J connectivity index is 1.39. The van der Waals surface area contributed by atoms with Gasteiger partial charge in [-0.1, -0.05) is 6.07 Å². The van der Waals surface area contributed by atoms with Crippen LogP contribution in [0.1, 0.15) is 36.6 Å². The lowest BCUT2D eigenvalue weighted by molar-refractivity contribution is 0.0960. The first-order valence-corrected chi connectivity index (χ1v) is 13.1. The van der Waals surface area contributed by atoms with Crippen LogP contribution in [-0.2, 0) is 7.05 Å². The van der Waals surface area contributed by atoms with Crippen molar-refractivity contribution in [1.29, 1.82) is 0 Å². The van der Waals surface area contributed by atoms with Crippen LogP contribution in [0.25, 0.3) is 22.2 Å². The molecule has 0 unspecified atom stereocenters. The number of fused-ring (bicyclic) bond motifs is 1. The molecule has 0 spiro atoms. The number of nitrogens with one attached hydrogen (secondary N) is 3. The van der Waals surface area contributed by atoms with Gasteiger partial charge in [-0.2, -0.15) is 5.10 Å². The molecule has 212 valence electrons. The molecule has 0 saturated carbocycles. The number of aryl methyl sites for hydroxylation is 2. The second kappa shape index (κ2) is 11.5. The molecule has 0 aliphatic carbocycles. The van der Waals surface area contributed by atoms with E-state index in [9.17, 15) is 14.4 Å². The molecule has 0 aliphatic rings. The van der Waals surface area contributed by atoms with Crippen LogP contribution in [-0.4, -0.2) is 41.7 Å². The highest BCUT2D eigenvalue weighted by Gasteiger charge is 2.17. The maximum atomic E-state index is 13.3. The highest BCUT2D eigenvalue weighted by Crippen LogP contribution is 2.32. The van der Waals surface area contributed by atoms with Gasteiger partial charge < -0.3 is 26.4 Å². The number of amides is 3. The van der Waals surface area contributed by atoms with E-state index in [-0.39, 0.29) is 11.8 Å². The fourth-order valence-corrected chi connectivity index (χ4v) is 4.76. The Bertz CT molecular complexity index is 1840. The number of aromatic nitrogens is 2. The minimum Gasteiger partial charge on any atom is -0.495 e. The molecule has 0 saturated heterocycles. The average Bonchev–Trinajstić information content (AvgIpc) is 3.32. The van der Waals surface area contributed by atoms with Crippen LogP contribution in [0.15, 0.2) is 78.9 Å². The van der Waals surface area contributed by atoms with E-state index in [1.54, 1.807) is 53.2 Å². The van der Waals surface area contributed by atoms with E-state index < -0.39 is 5.91 Å². The second-order valence-corrected chi connectivity index (χ2v) is 9.76. The number of nitrogens with zero attached hydrogens (tertiary/aromatic N) is 2. The van der Waals surface area contributed by atoms with Gasteiger partial charge in [-0.25, -0.2) is 0 Å². The Kier molecular flexibility index (Phi) is 7.61. The average molecular weight is 563 g/mol. The Morgan fingerprint density at radius 2 is 1.48 bits per heavy atom. The summed E-state index contributed by atoms with van der Waals surface area (Å²) in [5, 5.41) is 13.8. The lowest BCUT2D eigenvalue weighted by Crippen LogP contribution is -2.18. The van der Waals surface area contributed by atoms with Crippen molar-refractivity contribution < 1.29 is 19.1 Å². The van der Waals surface area contributed by atoms with E-state index in [4.69, 9.17) is 15.6 Å². The lowest BCUT2D eigenvalue weighted by atomic mass is 10.0. The largest absolute Gasteiger partial charge is 0.495 e. The molecule has 10 heteroatoms. The Morgan fingerprint density at radius 3 is 2.14 bits per heavy atom. The van der Waals surface area contributed by atoms with Crippen LogP contribution in [0, 0.1) is 6.92 Å². The fraction of sp³-hybridized carbons (Fsp3) is 0.125. The van der Waals surface area contributed by atoms with Crippen LogP contribution < -0.4 is 26.4 Å². The molecule has 42 heavy (non-hydrogen) atoms. The van der Waals surface area contributed by atoms with Crippen molar-refractivity contribution in [2.24, 2.45) is 7.05 Å². The number of hydrogen-bond acceptors (Lipinski definition) is 6. The predicted octanol–water partition coefficient (Wildman–Crippen LogP) is 5.00. The van der Waals surface area contributed by atoms with Gasteiger partial charge >= 0.3 is 0 Å². The molecule has 4 aromatic carbocycles. The molecule has 5 N–H and O–H groups in total. The number of rotatable bonds is 7. The number of hydrogen-bond donors (Lipinski definition) is 4. The summed E-state index contributed by atoms with van der Waals surface area (Å²) in [6, 6.07) is 22.3. The van der Waals surface area contributed by atoms with Crippen LogP contribution in [0.5, 0.6) is 5.75 Å². The van der Waals surface area contributed by atoms with Crippen LogP contribution in [0.2, 0.25) is 0 Å². The summed E-state index contributed by atoms with van der Waals surface area (Å²) in [6.07, 6.45) is 0. The minimum atomic E-state index is -0.396. The number of nitrogens with two attached hydrogens (primary N) is 1. The number of methoxy groups -OCH3 is 1. The maximum Gasteiger partial charge on any atom is 0.255 e. The van der Waals surface area contributed by atoms with E-state index in [0.29, 0.717) is 39.5 Å². The SMILES string of the molecule is CNC(=O)c1ccc(C(=O)Nc2cc(NC(=O)c3ccc4c(c3)c(-c3ccc(N)cc3C)nn4C)ccc2OC)cc1. The quantitative estimate of drug-likeness (QED) is 0.206. The summed E-state index contributed by atoms with van der Waals surface area (Å²) in [4.78, 5) is 38.1. The highest BCUT2D eigenvalue weighted by molar-refractivity contribution is 6.09. The number of benzene rings is 4. The predicted molar refractivity (Wildman–Crippen MR) is 164 cm³/mol. The Morgan fingerprint density at radius 1 is 0.810 bits per heavy atom. The van der Waals surface area contributed by atoms with E-state index in [2.05, 4.69) is 16.0 Å². The fourth-order valence-electron chi connectivity index (χ4n) is 4.76. The summed E-state index contributed by atoms with van der Waals surface area (Å²) < 4.78 is 7.20. The van der Waals surface area contributed by atoms with Gasteiger partial charge in [0.2, 0.25) is 0 Å². The third-order valence-electron chi connectivity index (χ3n) is 6.96. The molecule has 0 aliphatic heterocycles. The number of carbonyl (C=O) groups is 3. The van der Waals surface area contributed by atoms with E-state index in [1.165, 1.54) is 14.2 Å². The third kappa shape index (κ3) is 5.50. The monoisotopic (exact) mass is 562 g/mol. The molecule has 5 rings (SSSR count). The zero-order valence-electron chi connectivity index (χ0n) is 23.6. The zero-order valence-corrected chi connectivity index (χ0v) is 23.6. The summed E-state index contributed by atoms with van der Waals surface area (Å²) in [5.74, 6) is -0.546. The number of carbonyl (C=O) groups excluding carboxylic acids is 3. The highest BCUT2D eigenvalue weighted by atomic mass is 16.5. The van der Waals surface area contributed by atoms with E-state index in [0.717, 1.165) is 27.7 Å². The second-order valence-electron chi connectivity index (χ2n) is 9.76. The van der Waals surface area contributed by atoms with Gasteiger partial charge in [0.05, 0.1) is 18.3 Å². The van der Waals surface area contributed by atoms with E-state index >= 15 is 0 Å². The smallest absolute Gasteiger partial charge is 0.255 e. The van der Waals surface area contributed by atoms with Gasteiger partial charge in [0, 0.05) is 53.1 Å². The van der Waals surface area contributed by atoms with Crippen molar-refractivity contribution in [3.63, 3.8) is 0 Å². The van der Waals surface area contributed by atoms with Gasteiger partial charge in [0.25, 0.3) is 17.7 Å². The molecule has 5 aromatic rings. The van der Waals surface area contributed by atoms with Crippen molar-refractivity contribution in [3.05, 3.63) is 101 Å². The molecule has 1 heterocycles. The Labute approximate surface area is 242 Å². The number of nitrogen functional groups attached to an aromatic ring is 1. The van der Waals surface area contributed by atoms with Crippen molar-refractivity contribution >= 4 is 45.7 Å². The maximum absolute atomic E-state index is 13.3. The third-order valence-corrected chi connectivity index (χ3v) is 6.96. The van der Waals surface area contributed by atoms with E-state index in [1.807, 2.05) is 44.3 Å². The standard InChI is InChI=1S/C32H30N6O4/c1-18-15-22(33)10-12-24(18)29-25-16-21(9-13-27(25)38(3)37-29)32(41)35-23-11-14-28(42-4)26(17-23)36-31(40)20-7-5-19(6-8-20)30(39)34-2/h5-17H,33H2,1-4H3,(H,34,39)(H,35,41)(H,36,40). The topological polar surface area (TPSA) is 140 Å². The van der Waals surface area contributed by atoms with Crippen LogP contribution in [0.3, 0.4) is 0 Å². The lowest BCUT2D eigenvalue weighted by Gasteiger charge is -2.13. The number of ether oxygens (including phenoxy) is 1. The summed E-state index contributed by atoms with van der Waals surface area (Å²) in [6.45, 7) is 1.97. The Hall–Kier alpha value is -5.64. The molecule has 0 bridgehead atoms. The molecular formula is C32H30N6O4. The summed E-state index contributed by atoms with van der Waals surface area (Å²) >= 11 is 0. The molecule has 0 radical (unpaired) electrons. The van der Waals surface area contributed by atoms with Crippen molar-refractivity contribution in [2.45, 2.75) is 6.92 Å². The molecule has 3 amide bonds. The molecule has 0 fully saturated rings. The van der Waals surface area contributed by atoms with Gasteiger partial charge in [0.15, 0.2) is 0 Å². The zero-order chi connectivity index (χ0) is 30.0. The van der Waals surface area contributed by atoms with Crippen molar-refractivity contribution in [2.75, 3.05) is 30.5 Å². The number of anilines is 3. The van der Waals surface area contributed by atoms with Crippen LogP contribution >= 0.6 is 0 Å². The van der Waals surface area contributed by atoms with Gasteiger partial charge in [-0.3, -0.25) is 19.1 Å². The van der Waals surface area contributed by atoms with Crippen molar-refractivity contribution in [1.82, 2.24) is 15.1 Å². The minimum absolute atomic E-state index is 0.244. The van der Waals surface area contributed by atoms with Crippen molar-refractivity contribution in [3.8, 4) is 17.0 Å². The molecule has 0 atom stereocenters. The summed E-state index contributed by atoms with van der Waals surface area (Å²) in [5.41, 5.74) is 12.3. The first kappa shape index (κ1) is 27.9. The molecule has 1 aromatic heterocycles. The van der Waals surface area contributed by atoms with Gasteiger partial charge in [-0.15, -0.1) is 0 Å². The van der Waals surface area contributed by atoms with Gasteiger partial charge in [0.1, 0.15) is 11.4 Å². The normalized spacial score (nSPS) is 10.8. The molecule has 10 nitrogen and oxygen atoms in total.